The molecule has 3 atom stereocenters. The van der Waals surface area contributed by atoms with E-state index in [9.17, 15) is 9.59 Å². The van der Waals surface area contributed by atoms with Crippen molar-refractivity contribution in [2.45, 2.75) is 64.8 Å². The molecule has 1 aliphatic heterocycles. The standard InChI is InChI=1S/C19H35NO4Si/c1-15(2)11-19(7-8-21)18(22)17(12-20-19)16(3)13-24-14-23-9-10-25(4,5)6/h8,12,15-17H,7,9-11,13-14H2,1-6H3/t16-,17?,19+/m0/s1. The van der Waals surface area contributed by atoms with Crippen LogP contribution in [0.1, 0.15) is 33.6 Å². The van der Waals surface area contributed by atoms with Crippen molar-refractivity contribution in [1.82, 2.24) is 0 Å². The van der Waals surface area contributed by atoms with E-state index < -0.39 is 13.6 Å². The van der Waals surface area contributed by atoms with E-state index in [0.717, 1.165) is 18.9 Å². The van der Waals surface area contributed by atoms with Crippen LogP contribution in [0.25, 0.3) is 0 Å². The van der Waals surface area contributed by atoms with Crippen LogP contribution in [0, 0.1) is 17.8 Å². The fourth-order valence-corrected chi connectivity index (χ4v) is 3.86. The highest BCUT2D eigenvalue weighted by molar-refractivity contribution is 6.76. The molecule has 1 heterocycles. The number of carbonyl (C=O) groups is 2. The van der Waals surface area contributed by atoms with Gasteiger partial charge in [0.05, 0.1) is 12.5 Å². The van der Waals surface area contributed by atoms with E-state index in [-0.39, 0.29) is 30.8 Å². The summed E-state index contributed by atoms with van der Waals surface area (Å²) in [5, 5.41) is 0. The second kappa shape index (κ2) is 9.74. The van der Waals surface area contributed by atoms with Gasteiger partial charge in [0, 0.05) is 27.3 Å². The molecule has 5 nitrogen and oxygen atoms in total. The molecule has 0 amide bonds. The van der Waals surface area contributed by atoms with Crippen molar-refractivity contribution < 1.29 is 19.1 Å². The Morgan fingerprint density at radius 3 is 2.52 bits per heavy atom. The monoisotopic (exact) mass is 369 g/mol. The molecular weight excluding hydrogens is 334 g/mol. The smallest absolute Gasteiger partial charge is 0.169 e. The van der Waals surface area contributed by atoms with E-state index >= 15 is 0 Å². The van der Waals surface area contributed by atoms with Gasteiger partial charge in [-0.1, -0.05) is 40.4 Å². The maximum absolute atomic E-state index is 12.9. The highest BCUT2D eigenvalue weighted by atomic mass is 28.3. The van der Waals surface area contributed by atoms with Crippen LogP contribution in [0.3, 0.4) is 0 Å². The molecule has 0 aliphatic carbocycles. The Labute approximate surface area is 153 Å². The fourth-order valence-electron chi connectivity index (χ4n) is 3.11. The fraction of sp³-hybridized carbons (Fsp3) is 0.842. The third-order valence-electron chi connectivity index (χ3n) is 4.57. The minimum Gasteiger partial charge on any atom is -0.356 e. The van der Waals surface area contributed by atoms with Crippen LogP contribution in [-0.4, -0.2) is 51.9 Å². The van der Waals surface area contributed by atoms with Crippen molar-refractivity contribution in [2.75, 3.05) is 20.0 Å². The summed E-state index contributed by atoms with van der Waals surface area (Å²) >= 11 is 0. The van der Waals surface area contributed by atoms with E-state index in [1.807, 2.05) is 20.8 Å². The van der Waals surface area contributed by atoms with Crippen molar-refractivity contribution >= 4 is 26.4 Å². The van der Waals surface area contributed by atoms with E-state index in [4.69, 9.17) is 9.47 Å². The van der Waals surface area contributed by atoms with E-state index in [2.05, 4.69) is 24.6 Å². The van der Waals surface area contributed by atoms with E-state index in [1.165, 1.54) is 0 Å². The minimum absolute atomic E-state index is 0.0255. The molecule has 0 saturated carbocycles. The SMILES string of the molecule is CC(C)C[C@@]1(CC=O)N=CC([C@@H](C)COCOCC[Si](C)(C)C)C1=O. The molecule has 1 unspecified atom stereocenters. The zero-order chi connectivity index (χ0) is 19.1. The lowest BCUT2D eigenvalue weighted by atomic mass is 9.78. The molecule has 0 N–H and O–H groups in total. The van der Waals surface area contributed by atoms with Gasteiger partial charge in [-0.25, -0.2) is 0 Å². The van der Waals surface area contributed by atoms with Gasteiger partial charge < -0.3 is 14.3 Å². The lowest BCUT2D eigenvalue weighted by molar-refractivity contribution is -0.129. The molecule has 0 aromatic carbocycles. The van der Waals surface area contributed by atoms with Gasteiger partial charge >= 0.3 is 0 Å². The number of aliphatic imine (C=N–C) groups is 1. The van der Waals surface area contributed by atoms with Crippen molar-refractivity contribution in [3.05, 3.63) is 0 Å². The molecule has 0 bridgehead atoms. The predicted octanol–water partition coefficient (Wildman–Crippen LogP) is 3.60. The molecule has 1 aliphatic rings. The zero-order valence-electron chi connectivity index (χ0n) is 16.7. The summed E-state index contributed by atoms with van der Waals surface area (Å²) in [4.78, 5) is 28.4. The molecule has 0 aromatic heterocycles. The Hall–Kier alpha value is -0.853. The van der Waals surface area contributed by atoms with Crippen LogP contribution in [0.2, 0.25) is 25.7 Å². The lowest BCUT2D eigenvalue weighted by Gasteiger charge is -2.27. The summed E-state index contributed by atoms with van der Waals surface area (Å²) in [6.45, 7) is 14.5. The average Bonchev–Trinajstić information content (AvgIpc) is 2.78. The second-order valence-corrected chi connectivity index (χ2v) is 14.5. The number of nitrogens with zero attached hydrogens (tertiary/aromatic N) is 1. The first kappa shape index (κ1) is 22.2. The van der Waals surface area contributed by atoms with Crippen LogP contribution in [-0.2, 0) is 19.1 Å². The summed E-state index contributed by atoms with van der Waals surface area (Å²) in [6, 6.07) is 1.11. The number of Topliss-reactive ketones (excluding diaryl/α,β-unsaturated/α-hetero) is 1. The molecule has 0 saturated heterocycles. The van der Waals surface area contributed by atoms with Gasteiger partial charge in [0.2, 0.25) is 0 Å². The van der Waals surface area contributed by atoms with Crippen LogP contribution in [0.4, 0.5) is 0 Å². The second-order valence-electron chi connectivity index (χ2n) is 8.85. The van der Waals surface area contributed by atoms with Crippen LogP contribution >= 0.6 is 0 Å². The van der Waals surface area contributed by atoms with Gasteiger partial charge in [0.15, 0.2) is 5.78 Å². The highest BCUT2D eigenvalue weighted by Gasteiger charge is 2.46. The first-order valence-electron chi connectivity index (χ1n) is 9.30. The summed E-state index contributed by atoms with van der Waals surface area (Å²) in [5.74, 6) is 0.119. The number of hydrogen-bond donors (Lipinski definition) is 0. The number of aldehydes is 1. The third-order valence-corrected chi connectivity index (χ3v) is 6.27. The summed E-state index contributed by atoms with van der Waals surface area (Å²) in [5.41, 5.74) is -0.858. The maximum Gasteiger partial charge on any atom is 0.169 e. The third kappa shape index (κ3) is 7.11. The van der Waals surface area contributed by atoms with E-state index in [0.29, 0.717) is 18.9 Å². The molecule has 144 valence electrons. The van der Waals surface area contributed by atoms with Crippen LogP contribution in [0.15, 0.2) is 4.99 Å². The molecule has 0 radical (unpaired) electrons. The van der Waals surface area contributed by atoms with Crippen LogP contribution in [0.5, 0.6) is 0 Å². The first-order valence-corrected chi connectivity index (χ1v) is 13.0. The maximum atomic E-state index is 12.9. The normalized spacial score (nSPS) is 24.9. The summed E-state index contributed by atoms with van der Waals surface area (Å²) in [6.07, 6.45) is 3.33. The van der Waals surface area contributed by atoms with Gasteiger partial charge in [0.25, 0.3) is 0 Å². The Morgan fingerprint density at radius 1 is 1.28 bits per heavy atom. The quantitative estimate of drug-likeness (QED) is 0.228. The molecule has 0 aromatic rings. The Morgan fingerprint density at radius 2 is 1.96 bits per heavy atom. The zero-order valence-corrected chi connectivity index (χ0v) is 17.7. The highest BCUT2D eigenvalue weighted by Crippen LogP contribution is 2.35. The molecule has 0 spiro atoms. The van der Waals surface area contributed by atoms with Gasteiger partial charge in [-0.15, -0.1) is 0 Å². The van der Waals surface area contributed by atoms with Crippen LogP contribution < -0.4 is 0 Å². The topological polar surface area (TPSA) is 65.0 Å². The van der Waals surface area contributed by atoms with Gasteiger partial charge in [-0.3, -0.25) is 9.79 Å². The summed E-state index contributed by atoms with van der Waals surface area (Å²) in [7, 11) is -1.08. The Bertz CT molecular complexity index is 473. The summed E-state index contributed by atoms with van der Waals surface area (Å²) < 4.78 is 11.1. The van der Waals surface area contributed by atoms with Gasteiger partial charge in [0.1, 0.15) is 18.6 Å². The Balaban J connectivity index is 2.44. The number of carbonyl (C=O) groups excluding carboxylic acids is 2. The predicted molar refractivity (Wildman–Crippen MR) is 104 cm³/mol. The van der Waals surface area contributed by atoms with Crippen molar-refractivity contribution in [3.63, 3.8) is 0 Å². The molecule has 0 fully saturated rings. The number of ketones is 1. The van der Waals surface area contributed by atoms with Crippen molar-refractivity contribution in [1.29, 1.82) is 0 Å². The first-order chi connectivity index (χ1) is 11.6. The van der Waals surface area contributed by atoms with E-state index in [1.54, 1.807) is 6.21 Å². The van der Waals surface area contributed by atoms with Gasteiger partial charge in [-0.05, 0) is 24.3 Å². The largest absolute Gasteiger partial charge is 0.356 e. The lowest BCUT2D eigenvalue weighted by Crippen LogP contribution is -2.40. The molecular formula is C19H35NO4Si. The number of hydrogen-bond acceptors (Lipinski definition) is 5. The van der Waals surface area contributed by atoms with Gasteiger partial charge in [-0.2, -0.15) is 0 Å². The molecule has 25 heavy (non-hydrogen) atoms. The number of ether oxygens (including phenoxy) is 2. The van der Waals surface area contributed by atoms with Crippen molar-refractivity contribution in [2.24, 2.45) is 22.7 Å². The minimum atomic E-state index is -1.08. The average molecular weight is 370 g/mol. The molecule has 6 heteroatoms. The Kier molecular flexibility index (Phi) is 8.64. The number of rotatable bonds is 12. The molecule has 1 rings (SSSR count). The van der Waals surface area contributed by atoms with Crippen molar-refractivity contribution in [3.8, 4) is 0 Å².